The highest BCUT2D eigenvalue weighted by Crippen LogP contribution is 2.23. The van der Waals surface area contributed by atoms with Crippen molar-refractivity contribution in [3.05, 3.63) is 52.1 Å². The Balaban J connectivity index is 1.71. The molecule has 5 heteroatoms. The first-order valence-corrected chi connectivity index (χ1v) is 8.22. The fraction of sp³-hybridized carbons (Fsp3) is 0.375. The summed E-state index contributed by atoms with van der Waals surface area (Å²) < 4.78 is 1.85. The van der Waals surface area contributed by atoms with Crippen LogP contribution in [0.5, 0.6) is 0 Å². The first-order valence-electron chi connectivity index (χ1n) is 7.34. The van der Waals surface area contributed by atoms with Crippen LogP contribution in [0.1, 0.15) is 41.9 Å². The van der Waals surface area contributed by atoms with E-state index in [0.717, 1.165) is 29.9 Å². The summed E-state index contributed by atoms with van der Waals surface area (Å²) in [5.74, 6) is 0. The third-order valence-corrected chi connectivity index (χ3v) is 4.49. The van der Waals surface area contributed by atoms with Gasteiger partial charge in [-0.05, 0) is 24.8 Å². The van der Waals surface area contributed by atoms with E-state index in [1.807, 2.05) is 35.0 Å². The van der Waals surface area contributed by atoms with E-state index >= 15 is 0 Å². The number of hydrogen-bond acceptors (Lipinski definition) is 4. The van der Waals surface area contributed by atoms with Gasteiger partial charge in [0, 0.05) is 41.5 Å². The van der Waals surface area contributed by atoms with E-state index in [9.17, 15) is 0 Å². The molecule has 3 heterocycles. The third-order valence-electron chi connectivity index (χ3n) is 3.51. The molecule has 0 saturated carbocycles. The van der Waals surface area contributed by atoms with Gasteiger partial charge in [0.15, 0.2) is 5.65 Å². The zero-order valence-electron chi connectivity index (χ0n) is 12.4. The quantitative estimate of drug-likeness (QED) is 0.754. The summed E-state index contributed by atoms with van der Waals surface area (Å²) in [6.45, 7) is 5.02. The Morgan fingerprint density at radius 1 is 1.43 bits per heavy atom. The van der Waals surface area contributed by atoms with Crippen molar-refractivity contribution < 1.29 is 0 Å². The highest BCUT2D eigenvalue weighted by atomic mass is 32.1. The van der Waals surface area contributed by atoms with Gasteiger partial charge in [0.05, 0.1) is 5.69 Å². The lowest BCUT2D eigenvalue weighted by Crippen LogP contribution is -2.20. The maximum Gasteiger partial charge on any atom is 0.155 e. The molecule has 0 spiro atoms. The van der Waals surface area contributed by atoms with Crippen LogP contribution in [-0.4, -0.2) is 14.6 Å². The molecule has 1 N–H and O–H groups in total. The second-order valence-corrected chi connectivity index (χ2v) is 6.27. The number of nitrogens with zero attached hydrogens (tertiary/aromatic N) is 3. The molecule has 0 saturated heterocycles. The molecule has 0 bridgehead atoms. The van der Waals surface area contributed by atoms with Crippen LogP contribution in [0.4, 0.5) is 0 Å². The molecule has 110 valence electrons. The van der Waals surface area contributed by atoms with Gasteiger partial charge in [-0.25, -0.2) is 9.50 Å². The number of aromatic nitrogens is 3. The van der Waals surface area contributed by atoms with Crippen LogP contribution >= 0.6 is 11.3 Å². The topological polar surface area (TPSA) is 42.2 Å². The second-order valence-electron chi connectivity index (χ2n) is 5.29. The first kappa shape index (κ1) is 14.2. The molecule has 0 aliphatic heterocycles. The van der Waals surface area contributed by atoms with E-state index in [1.54, 1.807) is 0 Å². The van der Waals surface area contributed by atoms with Crippen LogP contribution in [0.25, 0.3) is 5.65 Å². The number of nitrogens with one attached hydrogen (secondary N) is 1. The zero-order valence-corrected chi connectivity index (χ0v) is 13.2. The van der Waals surface area contributed by atoms with Gasteiger partial charge in [0.1, 0.15) is 0 Å². The van der Waals surface area contributed by atoms with E-state index in [-0.39, 0.29) is 0 Å². The smallest absolute Gasteiger partial charge is 0.155 e. The van der Waals surface area contributed by atoms with E-state index in [4.69, 9.17) is 0 Å². The molecule has 21 heavy (non-hydrogen) atoms. The Kier molecular flexibility index (Phi) is 4.31. The average Bonchev–Trinajstić information content (AvgIpc) is 3.11. The maximum atomic E-state index is 4.45. The minimum absolute atomic E-state index is 0.421. The van der Waals surface area contributed by atoms with Crippen LogP contribution in [0.3, 0.4) is 0 Å². The Morgan fingerprint density at radius 2 is 2.33 bits per heavy atom. The van der Waals surface area contributed by atoms with Crippen molar-refractivity contribution in [3.63, 3.8) is 0 Å². The molecule has 0 aliphatic carbocycles. The molecule has 0 radical (unpaired) electrons. The lowest BCUT2D eigenvalue weighted by atomic mass is 10.1. The van der Waals surface area contributed by atoms with Gasteiger partial charge < -0.3 is 5.32 Å². The van der Waals surface area contributed by atoms with Gasteiger partial charge >= 0.3 is 0 Å². The number of fused-ring (bicyclic) bond motifs is 1. The summed E-state index contributed by atoms with van der Waals surface area (Å²) in [4.78, 5) is 5.86. The average molecular weight is 300 g/mol. The standard InChI is InChI=1S/C16H20N4S/c1-3-5-14(15-6-4-7-21-15)17-9-13-10-18-16-8-12(2)19-20(16)11-13/h4,6-8,10-11,14,17H,3,5,9H2,1-2H3. The SMILES string of the molecule is CCCC(NCc1cnc2cc(C)nn2c1)c1cccs1. The van der Waals surface area contributed by atoms with Crippen molar-refractivity contribution in [1.29, 1.82) is 0 Å². The summed E-state index contributed by atoms with van der Waals surface area (Å²) in [5.41, 5.74) is 3.05. The van der Waals surface area contributed by atoms with E-state index in [0.29, 0.717) is 6.04 Å². The van der Waals surface area contributed by atoms with Crippen molar-refractivity contribution in [2.75, 3.05) is 0 Å². The molecular weight excluding hydrogens is 280 g/mol. The van der Waals surface area contributed by atoms with Crippen LogP contribution < -0.4 is 5.32 Å². The van der Waals surface area contributed by atoms with E-state index < -0.39 is 0 Å². The molecule has 1 unspecified atom stereocenters. The largest absolute Gasteiger partial charge is 0.305 e. The highest BCUT2D eigenvalue weighted by molar-refractivity contribution is 7.10. The van der Waals surface area contributed by atoms with Crippen LogP contribution in [0, 0.1) is 6.92 Å². The highest BCUT2D eigenvalue weighted by Gasteiger charge is 2.11. The maximum absolute atomic E-state index is 4.45. The number of hydrogen-bond donors (Lipinski definition) is 1. The van der Waals surface area contributed by atoms with E-state index in [1.165, 1.54) is 11.3 Å². The Bertz CT molecular complexity index is 702. The van der Waals surface area contributed by atoms with Crippen LogP contribution in [-0.2, 0) is 6.54 Å². The summed E-state index contributed by atoms with van der Waals surface area (Å²) in [6.07, 6.45) is 6.31. The molecule has 1 atom stereocenters. The number of rotatable bonds is 6. The third kappa shape index (κ3) is 3.31. The lowest BCUT2D eigenvalue weighted by molar-refractivity contribution is 0.499. The molecule has 3 aromatic rings. The van der Waals surface area contributed by atoms with Gasteiger partial charge in [-0.2, -0.15) is 5.10 Å². The summed E-state index contributed by atoms with van der Waals surface area (Å²) in [6, 6.07) is 6.73. The predicted octanol–water partition coefficient (Wildman–Crippen LogP) is 3.73. The van der Waals surface area contributed by atoms with Crippen LogP contribution in [0.15, 0.2) is 36.0 Å². The molecule has 0 aliphatic rings. The molecule has 3 rings (SSSR count). The molecule has 0 aromatic carbocycles. The van der Waals surface area contributed by atoms with Crippen molar-refractivity contribution in [3.8, 4) is 0 Å². The zero-order chi connectivity index (χ0) is 14.7. The van der Waals surface area contributed by atoms with E-state index in [2.05, 4.69) is 46.0 Å². The van der Waals surface area contributed by atoms with Crippen LogP contribution in [0.2, 0.25) is 0 Å². The summed E-state index contributed by atoms with van der Waals surface area (Å²) >= 11 is 1.82. The first-order chi connectivity index (χ1) is 10.3. The number of aryl methyl sites for hydroxylation is 1. The van der Waals surface area contributed by atoms with Crippen molar-refractivity contribution in [2.45, 2.75) is 39.3 Å². The molecule has 3 aromatic heterocycles. The summed E-state index contributed by atoms with van der Waals surface area (Å²) in [5, 5.41) is 10.2. The van der Waals surface area contributed by atoms with Gasteiger partial charge in [-0.3, -0.25) is 0 Å². The minimum atomic E-state index is 0.421. The van der Waals surface area contributed by atoms with Crippen molar-refractivity contribution >= 4 is 17.0 Å². The van der Waals surface area contributed by atoms with Gasteiger partial charge in [0.25, 0.3) is 0 Å². The Labute approximate surface area is 128 Å². The lowest BCUT2D eigenvalue weighted by Gasteiger charge is -2.16. The Morgan fingerprint density at radius 3 is 3.10 bits per heavy atom. The fourth-order valence-corrected chi connectivity index (χ4v) is 3.33. The molecular formula is C16H20N4S. The molecule has 0 fully saturated rings. The van der Waals surface area contributed by atoms with Crippen molar-refractivity contribution in [2.24, 2.45) is 0 Å². The number of thiophene rings is 1. The normalized spacial score (nSPS) is 12.9. The fourth-order valence-electron chi connectivity index (χ4n) is 2.49. The van der Waals surface area contributed by atoms with Crippen molar-refractivity contribution in [1.82, 2.24) is 19.9 Å². The minimum Gasteiger partial charge on any atom is -0.305 e. The predicted molar refractivity (Wildman–Crippen MR) is 86.5 cm³/mol. The van der Waals surface area contributed by atoms with Gasteiger partial charge in [-0.1, -0.05) is 19.4 Å². The molecule has 4 nitrogen and oxygen atoms in total. The van der Waals surface area contributed by atoms with Gasteiger partial charge in [-0.15, -0.1) is 11.3 Å². The second kappa shape index (κ2) is 6.37. The monoisotopic (exact) mass is 300 g/mol. The van der Waals surface area contributed by atoms with Gasteiger partial charge in [0.2, 0.25) is 0 Å². The molecule has 0 amide bonds. The Hall–Kier alpha value is -1.72. The summed E-state index contributed by atoms with van der Waals surface area (Å²) in [7, 11) is 0.